The van der Waals surface area contributed by atoms with Crippen molar-refractivity contribution in [3.63, 3.8) is 0 Å². The van der Waals surface area contributed by atoms with Crippen molar-refractivity contribution >= 4 is 21.7 Å². The van der Waals surface area contributed by atoms with Crippen molar-refractivity contribution in [2.45, 2.75) is 38.6 Å². The lowest BCUT2D eigenvalue weighted by atomic mass is 9.85. The van der Waals surface area contributed by atoms with Crippen LogP contribution in [0.5, 0.6) is 0 Å². The summed E-state index contributed by atoms with van der Waals surface area (Å²) in [5.41, 5.74) is 1.91. The molecule has 0 bridgehead atoms. The van der Waals surface area contributed by atoms with Gasteiger partial charge in [0.1, 0.15) is 5.82 Å². The van der Waals surface area contributed by atoms with E-state index in [9.17, 15) is 0 Å². The first-order chi connectivity index (χ1) is 9.57. The number of rotatable bonds is 2. The molecule has 0 saturated heterocycles. The summed E-state index contributed by atoms with van der Waals surface area (Å²) in [6.45, 7) is 6.37. The standard InChI is InChI=1S/C15H19BrN4/c1-15(2,12-6-5-11(16)10-18-12)13-9-14-17-7-3-4-8-20(14)19-13/h5-6,9-10,17H,3-4,7-8H2,1-2H3. The SMILES string of the molecule is CC(C)(c1ccc(Br)cn1)c1cc2n(n1)CCCCN2. The number of aryl methyl sites for hydroxylation is 1. The fourth-order valence-corrected chi connectivity index (χ4v) is 2.75. The summed E-state index contributed by atoms with van der Waals surface area (Å²) in [6, 6.07) is 6.25. The van der Waals surface area contributed by atoms with E-state index in [0.29, 0.717) is 0 Å². The molecule has 0 aromatic carbocycles. The van der Waals surface area contributed by atoms with E-state index in [0.717, 1.165) is 34.8 Å². The lowest BCUT2D eigenvalue weighted by Gasteiger charge is -2.21. The molecule has 1 aliphatic rings. The molecule has 0 unspecified atom stereocenters. The van der Waals surface area contributed by atoms with Gasteiger partial charge in [-0.25, -0.2) is 4.68 Å². The Morgan fingerprint density at radius 2 is 2.10 bits per heavy atom. The second kappa shape index (κ2) is 5.20. The smallest absolute Gasteiger partial charge is 0.124 e. The van der Waals surface area contributed by atoms with Gasteiger partial charge in [0.15, 0.2) is 0 Å². The molecule has 5 heteroatoms. The number of aromatic nitrogens is 3. The van der Waals surface area contributed by atoms with Crippen molar-refractivity contribution in [1.82, 2.24) is 14.8 Å². The van der Waals surface area contributed by atoms with Crippen molar-refractivity contribution < 1.29 is 0 Å². The van der Waals surface area contributed by atoms with Gasteiger partial charge in [-0.05, 0) is 54.8 Å². The number of hydrogen-bond acceptors (Lipinski definition) is 3. The van der Waals surface area contributed by atoms with Gasteiger partial charge in [-0.3, -0.25) is 4.98 Å². The molecule has 3 rings (SSSR count). The highest BCUT2D eigenvalue weighted by Gasteiger charge is 2.29. The van der Waals surface area contributed by atoms with E-state index in [1.54, 1.807) is 0 Å². The van der Waals surface area contributed by atoms with Crippen LogP contribution in [0.25, 0.3) is 0 Å². The maximum Gasteiger partial charge on any atom is 0.124 e. The van der Waals surface area contributed by atoms with Crippen LogP contribution in [0.2, 0.25) is 0 Å². The molecule has 0 spiro atoms. The third kappa shape index (κ3) is 2.46. The Bertz CT molecular complexity index is 577. The second-order valence-corrected chi connectivity index (χ2v) is 6.67. The van der Waals surface area contributed by atoms with E-state index < -0.39 is 0 Å². The van der Waals surface area contributed by atoms with Crippen LogP contribution in [0.15, 0.2) is 28.9 Å². The van der Waals surface area contributed by atoms with Crippen molar-refractivity contribution in [2.75, 3.05) is 11.9 Å². The summed E-state index contributed by atoms with van der Waals surface area (Å²) in [7, 11) is 0. The average Bonchev–Trinajstić information content (AvgIpc) is 2.72. The van der Waals surface area contributed by atoms with Crippen molar-refractivity contribution in [3.05, 3.63) is 40.3 Å². The normalized spacial score (nSPS) is 15.3. The minimum Gasteiger partial charge on any atom is -0.370 e. The molecule has 106 valence electrons. The molecule has 3 heterocycles. The first kappa shape index (κ1) is 13.6. The molecule has 0 aliphatic carbocycles. The number of hydrogen-bond donors (Lipinski definition) is 1. The average molecular weight is 335 g/mol. The maximum absolute atomic E-state index is 4.78. The highest BCUT2D eigenvalue weighted by molar-refractivity contribution is 9.10. The van der Waals surface area contributed by atoms with Crippen molar-refractivity contribution in [2.24, 2.45) is 0 Å². The van der Waals surface area contributed by atoms with Crippen LogP contribution in [0.4, 0.5) is 5.82 Å². The lowest BCUT2D eigenvalue weighted by molar-refractivity contribution is 0.541. The Labute approximate surface area is 127 Å². The molecule has 0 radical (unpaired) electrons. The molecule has 0 amide bonds. The van der Waals surface area contributed by atoms with E-state index in [-0.39, 0.29) is 5.41 Å². The Morgan fingerprint density at radius 3 is 2.85 bits per heavy atom. The Balaban J connectivity index is 1.96. The van der Waals surface area contributed by atoms with E-state index in [1.807, 2.05) is 12.3 Å². The largest absolute Gasteiger partial charge is 0.370 e. The molecule has 0 atom stereocenters. The zero-order valence-electron chi connectivity index (χ0n) is 11.9. The van der Waals surface area contributed by atoms with Gasteiger partial charge in [-0.15, -0.1) is 0 Å². The van der Waals surface area contributed by atoms with Gasteiger partial charge in [0.2, 0.25) is 0 Å². The molecule has 2 aromatic rings. The minimum absolute atomic E-state index is 0.193. The van der Waals surface area contributed by atoms with Gasteiger partial charge >= 0.3 is 0 Å². The molecule has 2 aromatic heterocycles. The number of halogens is 1. The van der Waals surface area contributed by atoms with Gasteiger partial charge in [-0.2, -0.15) is 5.10 Å². The fraction of sp³-hybridized carbons (Fsp3) is 0.467. The zero-order valence-corrected chi connectivity index (χ0v) is 13.4. The second-order valence-electron chi connectivity index (χ2n) is 5.76. The van der Waals surface area contributed by atoms with E-state index in [4.69, 9.17) is 5.10 Å². The van der Waals surface area contributed by atoms with Crippen LogP contribution in [0.3, 0.4) is 0 Å². The third-order valence-electron chi connectivity index (χ3n) is 3.89. The van der Waals surface area contributed by atoms with Crippen LogP contribution in [-0.2, 0) is 12.0 Å². The number of pyridine rings is 1. The van der Waals surface area contributed by atoms with E-state index in [2.05, 4.69) is 56.9 Å². The molecule has 4 nitrogen and oxygen atoms in total. The van der Waals surface area contributed by atoms with Crippen LogP contribution in [0.1, 0.15) is 38.1 Å². The van der Waals surface area contributed by atoms with Gasteiger partial charge in [0.25, 0.3) is 0 Å². The topological polar surface area (TPSA) is 42.7 Å². The molecule has 0 saturated carbocycles. The number of nitrogens with one attached hydrogen (secondary N) is 1. The van der Waals surface area contributed by atoms with Crippen molar-refractivity contribution in [3.8, 4) is 0 Å². The van der Waals surface area contributed by atoms with Gasteiger partial charge in [0, 0.05) is 29.8 Å². The van der Waals surface area contributed by atoms with Crippen LogP contribution < -0.4 is 5.32 Å². The predicted octanol–water partition coefficient (Wildman–Crippen LogP) is 3.57. The highest BCUT2D eigenvalue weighted by atomic mass is 79.9. The van der Waals surface area contributed by atoms with Crippen LogP contribution >= 0.6 is 15.9 Å². The minimum atomic E-state index is -0.193. The lowest BCUT2D eigenvalue weighted by Crippen LogP contribution is -2.21. The molecule has 1 N–H and O–H groups in total. The molecule has 20 heavy (non-hydrogen) atoms. The van der Waals surface area contributed by atoms with Gasteiger partial charge in [0.05, 0.1) is 16.8 Å². The Hall–Kier alpha value is -1.36. The Morgan fingerprint density at radius 1 is 1.25 bits per heavy atom. The van der Waals surface area contributed by atoms with Gasteiger partial charge < -0.3 is 5.32 Å². The summed E-state index contributed by atoms with van der Waals surface area (Å²) < 4.78 is 3.09. The Kier molecular flexibility index (Phi) is 3.54. The number of fused-ring (bicyclic) bond motifs is 1. The molecular formula is C15H19BrN4. The summed E-state index contributed by atoms with van der Waals surface area (Å²) in [5.74, 6) is 1.13. The van der Waals surface area contributed by atoms with E-state index >= 15 is 0 Å². The third-order valence-corrected chi connectivity index (χ3v) is 4.36. The molecule has 1 aliphatic heterocycles. The van der Waals surface area contributed by atoms with Crippen molar-refractivity contribution in [1.29, 1.82) is 0 Å². The monoisotopic (exact) mass is 334 g/mol. The summed E-state index contributed by atoms with van der Waals surface area (Å²) in [4.78, 5) is 4.53. The van der Waals surface area contributed by atoms with Crippen LogP contribution in [0, 0.1) is 0 Å². The predicted molar refractivity (Wildman–Crippen MR) is 84.0 cm³/mol. The molecule has 0 fully saturated rings. The first-order valence-corrected chi connectivity index (χ1v) is 7.81. The summed E-state index contributed by atoms with van der Waals surface area (Å²) in [5, 5.41) is 8.23. The fourth-order valence-electron chi connectivity index (χ4n) is 2.51. The van der Waals surface area contributed by atoms with Gasteiger partial charge in [-0.1, -0.05) is 0 Å². The van der Waals surface area contributed by atoms with E-state index in [1.165, 1.54) is 12.8 Å². The number of nitrogens with zero attached hydrogens (tertiary/aromatic N) is 3. The zero-order chi connectivity index (χ0) is 14.2. The molecular weight excluding hydrogens is 316 g/mol. The highest BCUT2D eigenvalue weighted by Crippen LogP contribution is 2.31. The number of anilines is 1. The first-order valence-electron chi connectivity index (χ1n) is 7.01. The summed E-state index contributed by atoms with van der Waals surface area (Å²) in [6.07, 6.45) is 4.23. The quantitative estimate of drug-likeness (QED) is 0.912. The summed E-state index contributed by atoms with van der Waals surface area (Å²) >= 11 is 3.43. The maximum atomic E-state index is 4.78. The van der Waals surface area contributed by atoms with Crippen LogP contribution in [-0.4, -0.2) is 21.3 Å².